The van der Waals surface area contributed by atoms with Crippen LogP contribution in [0.15, 0.2) is 0 Å². The number of amides is 1. The maximum atomic E-state index is 13.4. The zero-order valence-electron chi connectivity index (χ0n) is 24.5. The Morgan fingerprint density at radius 2 is 1.71 bits per heavy atom. The Labute approximate surface area is 228 Å². The van der Waals surface area contributed by atoms with Crippen molar-refractivity contribution in [1.82, 2.24) is 4.90 Å². The molecule has 0 radical (unpaired) electrons. The molecule has 3 rings (SSSR count). The summed E-state index contributed by atoms with van der Waals surface area (Å²) < 4.78 is 11.9. The topological polar surface area (TPSA) is 113 Å². The SMILES string of the molecule is CC(C)C1CCC(C)C(O)(C(=O)C(=O)N2CCCC2C(=O)OC(C(C)C)C(C)CC2CCC(C)C(O)C2)O1. The summed E-state index contributed by atoms with van der Waals surface area (Å²) in [4.78, 5) is 41.4. The first-order valence-electron chi connectivity index (χ1n) is 14.9. The lowest BCUT2D eigenvalue weighted by atomic mass is 9.75. The second-order valence-electron chi connectivity index (χ2n) is 13.1. The van der Waals surface area contributed by atoms with Crippen molar-refractivity contribution in [3.63, 3.8) is 0 Å². The van der Waals surface area contributed by atoms with Gasteiger partial charge in [0.2, 0.25) is 5.79 Å². The van der Waals surface area contributed by atoms with Crippen LogP contribution in [0, 0.1) is 35.5 Å². The number of ether oxygens (including phenoxy) is 2. The minimum Gasteiger partial charge on any atom is -0.460 e. The Hall–Kier alpha value is -1.51. The Balaban J connectivity index is 1.66. The van der Waals surface area contributed by atoms with Gasteiger partial charge in [0, 0.05) is 12.5 Å². The lowest BCUT2D eigenvalue weighted by molar-refractivity contribution is -0.269. The van der Waals surface area contributed by atoms with E-state index in [2.05, 4.69) is 13.8 Å². The molecule has 8 nitrogen and oxygen atoms in total. The molecule has 0 spiro atoms. The maximum absolute atomic E-state index is 13.4. The highest BCUT2D eigenvalue weighted by Crippen LogP contribution is 2.37. The fourth-order valence-corrected chi connectivity index (χ4v) is 6.68. The first-order chi connectivity index (χ1) is 17.8. The van der Waals surface area contributed by atoms with E-state index >= 15 is 0 Å². The number of hydrogen-bond acceptors (Lipinski definition) is 7. The summed E-state index contributed by atoms with van der Waals surface area (Å²) in [6.07, 6.45) is 5.10. The van der Waals surface area contributed by atoms with Gasteiger partial charge < -0.3 is 24.6 Å². The molecule has 1 amide bonds. The Bertz CT molecular complexity index is 844. The van der Waals surface area contributed by atoms with E-state index in [4.69, 9.17) is 9.47 Å². The third-order valence-corrected chi connectivity index (χ3v) is 9.37. The van der Waals surface area contributed by atoms with Gasteiger partial charge >= 0.3 is 5.97 Å². The zero-order chi connectivity index (χ0) is 28.4. The molecule has 2 saturated heterocycles. The number of esters is 1. The average Bonchev–Trinajstić information content (AvgIpc) is 3.35. The first kappa shape index (κ1) is 31.0. The molecule has 3 fully saturated rings. The van der Waals surface area contributed by atoms with Crippen LogP contribution < -0.4 is 0 Å². The molecule has 2 N–H and O–H groups in total. The van der Waals surface area contributed by atoms with Crippen LogP contribution in [0.3, 0.4) is 0 Å². The van der Waals surface area contributed by atoms with Gasteiger partial charge in [0.1, 0.15) is 12.1 Å². The van der Waals surface area contributed by atoms with Gasteiger partial charge in [-0.15, -0.1) is 0 Å². The second-order valence-corrected chi connectivity index (χ2v) is 13.1. The monoisotopic (exact) mass is 537 g/mol. The lowest BCUT2D eigenvalue weighted by Gasteiger charge is -2.42. The Morgan fingerprint density at radius 3 is 2.32 bits per heavy atom. The summed E-state index contributed by atoms with van der Waals surface area (Å²) in [7, 11) is 0. The predicted octanol–water partition coefficient (Wildman–Crippen LogP) is 4.10. The van der Waals surface area contributed by atoms with E-state index in [9.17, 15) is 24.6 Å². The molecule has 38 heavy (non-hydrogen) atoms. The summed E-state index contributed by atoms with van der Waals surface area (Å²) >= 11 is 0. The highest BCUT2D eigenvalue weighted by molar-refractivity contribution is 6.39. The molecule has 0 aromatic heterocycles. The number of Topliss-reactive ketones (excluding diaryl/α,β-unsaturated/α-hetero) is 1. The zero-order valence-corrected chi connectivity index (χ0v) is 24.5. The smallest absolute Gasteiger partial charge is 0.329 e. The summed E-state index contributed by atoms with van der Waals surface area (Å²) in [6, 6.07) is -0.847. The van der Waals surface area contributed by atoms with Crippen LogP contribution in [0.25, 0.3) is 0 Å². The van der Waals surface area contributed by atoms with Gasteiger partial charge in [0.05, 0.1) is 12.2 Å². The fraction of sp³-hybridized carbons (Fsp3) is 0.900. The van der Waals surface area contributed by atoms with E-state index in [-0.39, 0.29) is 42.6 Å². The third-order valence-electron chi connectivity index (χ3n) is 9.37. The van der Waals surface area contributed by atoms with Gasteiger partial charge in [0.25, 0.3) is 11.7 Å². The van der Waals surface area contributed by atoms with Crippen LogP contribution in [0.1, 0.15) is 99.8 Å². The van der Waals surface area contributed by atoms with Crippen molar-refractivity contribution in [2.75, 3.05) is 6.54 Å². The van der Waals surface area contributed by atoms with Gasteiger partial charge in [0.15, 0.2) is 0 Å². The van der Waals surface area contributed by atoms with Crippen LogP contribution in [-0.2, 0) is 23.9 Å². The van der Waals surface area contributed by atoms with E-state index in [0.29, 0.717) is 31.1 Å². The number of likely N-dealkylation sites (tertiary alicyclic amines) is 1. The van der Waals surface area contributed by atoms with E-state index in [1.165, 1.54) is 4.90 Å². The fourth-order valence-electron chi connectivity index (χ4n) is 6.68. The van der Waals surface area contributed by atoms with Crippen molar-refractivity contribution in [2.24, 2.45) is 35.5 Å². The minimum absolute atomic E-state index is 0.0822. The third kappa shape index (κ3) is 6.79. The van der Waals surface area contributed by atoms with Crippen LogP contribution in [0.2, 0.25) is 0 Å². The Morgan fingerprint density at radius 1 is 1.03 bits per heavy atom. The Kier molecular flexibility index (Phi) is 10.4. The number of carbonyl (C=O) groups excluding carboxylic acids is 3. The molecule has 2 aliphatic heterocycles. The summed E-state index contributed by atoms with van der Waals surface area (Å²) in [5.41, 5.74) is 0. The number of hydrogen-bond donors (Lipinski definition) is 2. The molecule has 0 bridgehead atoms. The van der Waals surface area contributed by atoms with Crippen LogP contribution in [0.5, 0.6) is 0 Å². The summed E-state index contributed by atoms with van der Waals surface area (Å²) in [5, 5.41) is 21.5. The molecular weight excluding hydrogens is 486 g/mol. The van der Waals surface area contributed by atoms with E-state index in [1.807, 2.05) is 27.7 Å². The van der Waals surface area contributed by atoms with Crippen molar-refractivity contribution in [3.05, 3.63) is 0 Å². The van der Waals surface area contributed by atoms with Crippen molar-refractivity contribution in [2.45, 2.75) is 130 Å². The largest absolute Gasteiger partial charge is 0.460 e. The van der Waals surface area contributed by atoms with Crippen LogP contribution in [0.4, 0.5) is 0 Å². The maximum Gasteiger partial charge on any atom is 0.329 e. The normalized spacial score (nSPS) is 35.8. The number of rotatable bonds is 9. The van der Waals surface area contributed by atoms with Crippen molar-refractivity contribution in [3.8, 4) is 0 Å². The van der Waals surface area contributed by atoms with Crippen molar-refractivity contribution >= 4 is 17.7 Å². The van der Waals surface area contributed by atoms with Gasteiger partial charge in [-0.05, 0) is 81.0 Å². The summed E-state index contributed by atoms with van der Waals surface area (Å²) in [5.74, 6) is -4.06. The quantitative estimate of drug-likeness (QED) is 0.336. The molecule has 1 saturated carbocycles. The predicted molar refractivity (Wildman–Crippen MR) is 144 cm³/mol. The molecule has 3 aliphatic rings. The van der Waals surface area contributed by atoms with Crippen molar-refractivity contribution in [1.29, 1.82) is 0 Å². The first-order valence-corrected chi connectivity index (χ1v) is 14.9. The molecule has 0 aromatic rings. The van der Waals surface area contributed by atoms with Gasteiger partial charge in [-0.1, -0.05) is 48.5 Å². The molecule has 9 unspecified atom stereocenters. The molecule has 2 heterocycles. The van der Waals surface area contributed by atoms with Gasteiger partial charge in [-0.3, -0.25) is 9.59 Å². The number of aliphatic hydroxyl groups excluding tert-OH is 1. The number of aliphatic hydroxyl groups is 2. The highest BCUT2D eigenvalue weighted by Gasteiger charge is 2.53. The average molecular weight is 538 g/mol. The molecular formula is C30H51NO7. The van der Waals surface area contributed by atoms with Crippen LogP contribution in [-0.4, -0.2) is 69.5 Å². The highest BCUT2D eigenvalue weighted by atomic mass is 16.6. The van der Waals surface area contributed by atoms with Crippen molar-refractivity contribution < 1.29 is 34.1 Å². The molecule has 0 aromatic carbocycles. The summed E-state index contributed by atoms with van der Waals surface area (Å²) in [6.45, 7) is 14.1. The lowest BCUT2D eigenvalue weighted by Crippen LogP contribution is -2.59. The number of ketones is 1. The van der Waals surface area contributed by atoms with Gasteiger partial charge in [-0.2, -0.15) is 0 Å². The van der Waals surface area contributed by atoms with Crippen LogP contribution >= 0.6 is 0 Å². The minimum atomic E-state index is -2.18. The van der Waals surface area contributed by atoms with E-state index < -0.39 is 35.4 Å². The van der Waals surface area contributed by atoms with E-state index in [0.717, 1.165) is 32.1 Å². The van der Waals surface area contributed by atoms with E-state index in [1.54, 1.807) is 6.92 Å². The van der Waals surface area contributed by atoms with Gasteiger partial charge in [-0.25, -0.2) is 4.79 Å². The number of carbonyl (C=O) groups is 3. The standard InChI is InChI=1S/C30H51NO7/c1-17(2)25-13-11-21(7)30(36,38-25)27(33)28(34)31-14-8-9-23(31)29(35)37-26(18(3)4)20(6)15-22-12-10-19(5)24(32)16-22/h17-26,32,36H,8-16H2,1-7H3. The molecule has 8 heteroatoms. The molecule has 1 aliphatic carbocycles. The molecule has 218 valence electrons. The molecule has 9 atom stereocenters. The second kappa shape index (κ2) is 12.8. The number of nitrogens with zero attached hydrogens (tertiary/aromatic N) is 1.